The minimum atomic E-state index is -0.980. The predicted molar refractivity (Wildman–Crippen MR) is 59.3 cm³/mol. The van der Waals surface area contributed by atoms with Gasteiger partial charge in [-0.05, 0) is 26.8 Å². The zero-order valence-electron chi connectivity index (χ0n) is 10.1. The number of furan rings is 1. The second-order valence-electron chi connectivity index (χ2n) is 4.40. The molecule has 0 saturated carbocycles. The molecule has 4 heteroatoms. The first-order chi connectivity index (χ1) is 7.38. The van der Waals surface area contributed by atoms with Crippen LogP contribution in [-0.4, -0.2) is 17.9 Å². The van der Waals surface area contributed by atoms with Gasteiger partial charge in [-0.15, -0.1) is 0 Å². The number of carbonyl (C=O) groups is 1. The zero-order valence-corrected chi connectivity index (χ0v) is 10.1. The van der Waals surface area contributed by atoms with Crippen molar-refractivity contribution in [3.63, 3.8) is 0 Å². The van der Waals surface area contributed by atoms with Crippen molar-refractivity contribution in [2.75, 3.05) is 7.05 Å². The highest BCUT2D eigenvalue weighted by molar-refractivity contribution is 5.84. The fraction of sp³-hybridized carbons (Fsp3) is 0.500. The highest BCUT2D eigenvalue weighted by atomic mass is 16.3. The van der Waals surface area contributed by atoms with E-state index in [1.165, 1.54) is 0 Å². The third-order valence-electron chi connectivity index (χ3n) is 2.53. The molecule has 0 aromatic carbocycles. The van der Waals surface area contributed by atoms with Crippen LogP contribution in [0.5, 0.6) is 0 Å². The normalized spacial score (nSPS) is 10.9. The van der Waals surface area contributed by atoms with Crippen molar-refractivity contribution in [1.29, 1.82) is 5.26 Å². The quantitative estimate of drug-likeness (QED) is 0.783. The lowest BCUT2D eigenvalue weighted by atomic mass is 9.94. The van der Waals surface area contributed by atoms with Gasteiger partial charge in [0.15, 0.2) is 0 Å². The number of amides is 1. The summed E-state index contributed by atoms with van der Waals surface area (Å²) in [7, 11) is 1.69. The van der Waals surface area contributed by atoms with Crippen LogP contribution in [0.4, 0.5) is 0 Å². The highest BCUT2D eigenvalue weighted by Gasteiger charge is 2.30. The lowest BCUT2D eigenvalue weighted by Crippen LogP contribution is -2.37. The van der Waals surface area contributed by atoms with Crippen molar-refractivity contribution >= 4 is 5.91 Å². The molecule has 1 aromatic heterocycles. The van der Waals surface area contributed by atoms with Crippen LogP contribution < -0.4 is 0 Å². The smallest absolute Gasteiger partial charge is 0.242 e. The van der Waals surface area contributed by atoms with Crippen LogP contribution in [0, 0.1) is 23.7 Å². The van der Waals surface area contributed by atoms with Gasteiger partial charge >= 0.3 is 0 Å². The molecule has 0 aliphatic carbocycles. The number of carbonyl (C=O) groups excluding carboxylic acids is 1. The molecule has 1 amide bonds. The molecule has 1 aromatic rings. The van der Waals surface area contributed by atoms with E-state index in [1.807, 2.05) is 19.1 Å². The van der Waals surface area contributed by atoms with Crippen LogP contribution in [0.2, 0.25) is 0 Å². The Labute approximate surface area is 95.5 Å². The van der Waals surface area contributed by atoms with Gasteiger partial charge in [-0.2, -0.15) is 5.26 Å². The van der Waals surface area contributed by atoms with Gasteiger partial charge in [0.1, 0.15) is 11.2 Å². The Morgan fingerprint density at radius 3 is 2.69 bits per heavy atom. The van der Waals surface area contributed by atoms with E-state index in [9.17, 15) is 4.79 Å². The molecule has 1 rings (SSSR count). The Kier molecular flexibility index (Phi) is 3.38. The topological polar surface area (TPSA) is 57.2 Å². The van der Waals surface area contributed by atoms with Crippen molar-refractivity contribution < 1.29 is 9.21 Å². The standard InChI is InChI=1S/C12H16N2O2/c1-9-10(5-6-16-9)7-14(4)11(15)12(2,3)8-13/h5-6H,7H2,1-4H3. The second kappa shape index (κ2) is 4.40. The summed E-state index contributed by atoms with van der Waals surface area (Å²) in [6.45, 7) is 5.55. The van der Waals surface area contributed by atoms with E-state index >= 15 is 0 Å². The summed E-state index contributed by atoms with van der Waals surface area (Å²) >= 11 is 0. The number of rotatable bonds is 3. The van der Waals surface area contributed by atoms with Crippen LogP contribution in [0.25, 0.3) is 0 Å². The molecule has 0 saturated heterocycles. The van der Waals surface area contributed by atoms with Crippen LogP contribution >= 0.6 is 0 Å². The van der Waals surface area contributed by atoms with Crippen LogP contribution in [-0.2, 0) is 11.3 Å². The molecular formula is C12H16N2O2. The maximum Gasteiger partial charge on any atom is 0.242 e. The van der Waals surface area contributed by atoms with Gasteiger partial charge in [-0.1, -0.05) is 0 Å². The molecule has 0 spiro atoms. The Hall–Kier alpha value is -1.76. The average molecular weight is 220 g/mol. The van der Waals surface area contributed by atoms with Crippen LogP contribution in [0.1, 0.15) is 25.2 Å². The summed E-state index contributed by atoms with van der Waals surface area (Å²) in [5.41, 5.74) is -0.0172. The monoisotopic (exact) mass is 220 g/mol. The number of aryl methyl sites for hydroxylation is 1. The molecule has 1 heterocycles. The van der Waals surface area contributed by atoms with E-state index in [0.29, 0.717) is 6.54 Å². The van der Waals surface area contributed by atoms with Gasteiger partial charge < -0.3 is 9.32 Å². The summed E-state index contributed by atoms with van der Waals surface area (Å²) in [4.78, 5) is 13.4. The van der Waals surface area contributed by atoms with E-state index in [0.717, 1.165) is 11.3 Å². The zero-order chi connectivity index (χ0) is 12.3. The molecule has 0 aliphatic rings. The highest BCUT2D eigenvalue weighted by Crippen LogP contribution is 2.19. The van der Waals surface area contributed by atoms with Gasteiger partial charge in [0.25, 0.3) is 0 Å². The van der Waals surface area contributed by atoms with Gasteiger partial charge in [0.2, 0.25) is 5.91 Å². The minimum Gasteiger partial charge on any atom is -0.469 e. The molecule has 0 aliphatic heterocycles. The Bertz CT molecular complexity index is 426. The first-order valence-electron chi connectivity index (χ1n) is 5.08. The third kappa shape index (κ3) is 2.43. The minimum absolute atomic E-state index is 0.185. The number of hydrogen-bond acceptors (Lipinski definition) is 3. The van der Waals surface area contributed by atoms with Crippen molar-refractivity contribution in [3.8, 4) is 6.07 Å². The van der Waals surface area contributed by atoms with Gasteiger partial charge in [0, 0.05) is 19.2 Å². The van der Waals surface area contributed by atoms with E-state index in [4.69, 9.17) is 9.68 Å². The van der Waals surface area contributed by atoms with Gasteiger partial charge in [-0.25, -0.2) is 0 Å². The Morgan fingerprint density at radius 2 is 2.25 bits per heavy atom. The SMILES string of the molecule is Cc1occc1CN(C)C(=O)C(C)(C)C#N. The fourth-order valence-corrected chi connectivity index (χ4v) is 1.43. The Morgan fingerprint density at radius 1 is 1.62 bits per heavy atom. The first-order valence-corrected chi connectivity index (χ1v) is 5.08. The third-order valence-corrected chi connectivity index (χ3v) is 2.53. The van der Waals surface area contributed by atoms with Crippen molar-refractivity contribution in [1.82, 2.24) is 4.90 Å². The second-order valence-corrected chi connectivity index (χ2v) is 4.40. The molecule has 0 unspecified atom stereocenters. The molecule has 0 N–H and O–H groups in total. The molecule has 0 bridgehead atoms. The molecule has 86 valence electrons. The summed E-state index contributed by atoms with van der Waals surface area (Å²) < 4.78 is 5.15. The lowest BCUT2D eigenvalue weighted by molar-refractivity contribution is -0.136. The van der Waals surface area contributed by atoms with E-state index in [1.54, 1.807) is 32.1 Å². The lowest BCUT2D eigenvalue weighted by Gasteiger charge is -2.23. The van der Waals surface area contributed by atoms with Gasteiger partial charge in [0.05, 0.1) is 12.3 Å². The van der Waals surface area contributed by atoms with Crippen molar-refractivity contribution in [2.24, 2.45) is 5.41 Å². The molecule has 4 nitrogen and oxygen atoms in total. The molecule has 0 fully saturated rings. The molecule has 16 heavy (non-hydrogen) atoms. The maximum absolute atomic E-state index is 11.9. The molecule has 0 radical (unpaired) electrons. The number of nitrogens with zero attached hydrogens (tertiary/aromatic N) is 2. The Balaban J connectivity index is 2.75. The van der Waals surface area contributed by atoms with E-state index < -0.39 is 5.41 Å². The van der Waals surface area contributed by atoms with Crippen LogP contribution in [0.3, 0.4) is 0 Å². The van der Waals surface area contributed by atoms with Gasteiger partial charge in [-0.3, -0.25) is 4.79 Å². The molecular weight excluding hydrogens is 204 g/mol. The predicted octanol–water partition coefficient (Wildman–Crippen LogP) is 2.10. The van der Waals surface area contributed by atoms with Crippen molar-refractivity contribution in [2.45, 2.75) is 27.3 Å². The van der Waals surface area contributed by atoms with Crippen molar-refractivity contribution in [3.05, 3.63) is 23.7 Å². The molecule has 0 atom stereocenters. The number of nitriles is 1. The van der Waals surface area contributed by atoms with E-state index in [2.05, 4.69) is 0 Å². The fourth-order valence-electron chi connectivity index (χ4n) is 1.43. The first kappa shape index (κ1) is 12.3. The maximum atomic E-state index is 11.9. The summed E-state index contributed by atoms with van der Waals surface area (Å²) in [5, 5.41) is 8.88. The summed E-state index contributed by atoms with van der Waals surface area (Å²) in [6, 6.07) is 3.83. The summed E-state index contributed by atoms with van der Waals surface area (Å²) in [6.07, 6.45) is 1.60. The van der Waals surface area contributed by atoms with E-state index in [-0.39, 0.29) is 5.91 Å². The summed E-state index contributed by atoms with van der Waals surface area (Å²) in [5.74, 6) is 0.616. The average Bonchev–Trinajstić information content (AvgIpc) is 2.63. The number of hydrogen-bond donors (Lipinski definition) is 0. The largest absolute Gasteiger partial charge is 0.469 e. The van der Waals surface area contributed by atoms with Crippen LogP contribution in [0.15, 0.2) is 16.7 Å².